The molecule has 7 heteroatoms. The van der Waals surface area contributed by atoms with Gasteiger partial charge in [0.2, 0.25) is 5.95 Å². The Morgan fingerprint density at radius 1 is 1.38 bits per heavy atom. The molecule has 1 unspecified atom stereocenters. The van der Waals surface area contributed by atoms with Crippen molar-refractivity contribution in [1.82, 2.24) is 14.6 Å². The molecule has 0 aromatic carbocycles. The van der Waals surface area contributed by atoms with Gasteiger partial charge in [0, 0.05) is 25.2 Å². The van der Waals surface area contributed by atoms with Crippen molar-refractivity contribution in [2.24, 2.45) is 5.92 Å². The average molecular weight is 348 g/mol. The van der Waals surface area contributed by atoms with Crippen LogP contribution in [-0.2, 0) is 4.74 Å². The zero-order valence-corrected chi connectivity index (χ0v) is 15.0. The zero-order chi connectivity index (χ0) is 17.3. The van der Waals surface area contributed by atoms with Crippen LogP contribution >= 0.6 is 11.6 Å². The largest absolute Gasteiger partial charge is 0.381 e. The van der Waals surface area contributed by atoms with Crippen LogP contribution < -0.4 is 5.32 Å². The molecule has 24 heavy (non-hydrogen) atoms. The Morgan fingerprint density at radius 3 is 2.71 bits per heavy atom. The number of hydrogen-bond donors (Lipinski definition) is 1. The highest BCUT2D eigenvalue weighted by Gasteiger charge is 2.25. The van der Waals surface area contributed by atoms with E-state index in [1.807, 2.05) is 0 Å². The van der Waals surface area contributed by atoms with E-state index in [-0.39, 0.29) is 5.92 Å². The third-order valence-corrected chi connectivity index (χ3v) is 5.14. The number of nitrogens with zero attached hydrogens (tertiary/aromatic N) is 4. The van der Waals surface area contributed by atoms with Crippen LogP contribution in [-0.4, -0.2) is 33.9 Å². The SMILES string of the molecule is CC(C)C(C)c1c(C#N)c(Cl)c2cnc(NC3CCOCC3)nn12. The molecule has 128 valence electrons. The van der Waals surface area contributed by atoms with Crippen molar-refractivity contribution in [3.05, 3.63) is 22.5 Å². The fourth-order valence-electron chi connectivity index (χ4n) is 2.96. The number of hydrogen-bond acceptors (Lipinski definition) is 5. The molecule has 2 aromatic heterocycles. The molecular weight excluding hydrogens is 326 g/mol. The minimum Gasteiger partial charge on any atom is -0.381 e. The summed E-state index contributed by atoms with van der Waals surface area (Å²) < 4.78 is 7.16. The second-order valence-electron chi connectivity index (χ2n) is 6.63. The van der Waals surface area contributed by atoms with Crippen molar-refractivity contribution in [3.63, 3.8) is 0 Å². The quantitative estimate of drug-likeness (QED) is 0.914. The first kappa shape index (κ1) is 17.0. The highest BCUT2D eigenvalue weighted by atomic mass is 35.5. The van der Waals surface area contributed by atoms with E-state index in [0.717, 1.165) is 31.7 Å². The first-order chi connectivity index (χ1) is 11.5. The van der Waals surface area contributed by atoms with Crippen molar-refractivity contribution >= 4 is 23.1 Å². The van der Waals surface area contributed by atoms with E-state index in [4.69, 9.17) is 16.3 Å². The molecule has 1 aliphatic rings. The first-order valence-corrected chi connectivity index (χ1v) is 8.72. The lowest BCUT2D eigenvalue weighted by molar-refractivity contribution is 0.0903. The van der Waals surface area contributed by atoms with Crippen molar-refractivity contribution in [2.45, 2.75) is 45.6 Å². The van der Waals surface area contributed by atoms with Gasteiger partial charge in [0.25, 0.3) is 0 Å². The summed E-state index contributed by atoms with van der Waals surface area (Å²) in [6.07, 6.45) is 3.56. The van der Waals surface area contributed by atoms with Gasteiger partial charge in [0.15, 0.2) is 0 Å². The van der Waals surface area contributed by atoms with Crippen molar-refractivity contribution < 1.29 is 4.74 Å². The monoisotopic (exact) mass is 347 g/mol. The molecule has 1 fully saturated rings. The van der Waals surface area contributed by atoms with Crippen molar-refractivity contribution in [1.29, 1.82) is 5.26 Å². The topological polar surface area (TPSA) is 75.2 Å². The second kappa shape index (κ2) is 6.96. The standard InChI is InChI=1S/C17H22ClN5O/c1-10(2)11(3)16-13(8-19)15(18)14-9-20-17(22-23(14)16)21-12-4-6-24-7-5-12/h9-12H,4-7H2,1-3H3,(H,21,22). The molecule has 1 atom stereocenters. The fourth-order valence-corrected chi connectivity index (χ4v) is 3.23. The van der Waals surface area contributed by atoms with E-state index in [9.17, 15) is 5.26 Å². The van der Waals surface area contributed by atoms with E-state index >= 15 is 0 Å². The van der Waals surface area contributed by atoms with Crippen LogP contribution in [0, 0.1) is 17.2 Å². The Hall–Kier alpha value is -1.84. The summed E-state index contributed by atoms with van der Waals surface area (Å²) >= 11 is 6.40. The smallest absolute Gasteiger partial charge is 0.241 e. The van der Waals surface area contributed by atoms with Crippen LogP contribution in [0.2, 0.25) is 5.02 Å². The number of nitrogens with one attached hydrogen (secondary N) is 1. The van der Waals surface area contributed by atoms with E-state index in [0.29, 0.717) is 34.0 Å². The lowest BCUT2D eigenvalue weighted by Crippen LogP contribution is -2.29. The summed E-state index contributed by atoms with van der Waals surface area (Å²) in [4.78, 5) is 4.38. The molecule has 1 N–H and O–H groups in total. The molecule has 0 radical (unpaired) electrons. The number of halogens is 1. The van der Waals surface area contributed by atoms with Gasteiger partial charge in [0.1, 0.15) is 11.6 Å². The maximum absolute atomic E-state index is 9.54. The summed E-state index contributed by atoms with van der Waals surface area (Å²) in [6, 6.07) is 2.54. The van der Waals surface area contributed by atoms with Gasteiger partial charge in [-0.05, 0) is 18.8 Å². The van der Waals surface area contributed by atoms with Gasteiger partial charge < -0.3 is 10.1 Å². The van der Waals surface area contributed by atoms with Gasteiger partial charge in [-0.25, -0.2) is 9.50 Å². The van der Waals surface area contributed by atoms with Crippen LogP contribution in [0.5, 0.6) is 0 Å². The van der Waals surface area contributed by atoms with Gasteiger partial charge in [-0.1, -0.05) is 32.4 Å². The number of fused-ring (bicyclic) bond motifs is 1. The third kappa shape index (κ3) is 3.06. The van der Waals surface area contributed by atoms with Gasteiger partial charge in [0.05, 0.1) is 22.5 Å². The highest BCUT2D eigenvalue weighted by molar-refractivity contribution is 6.35. The van der Waals surface area contributed by atoms with E-state index in [1.165, 1.54) is 0 Å². The summed E-state index contributed by atoms with van der Waals surface area (Å²) in [5.74, 6) is 1.08. The number of ether oxygens (including phenoxy) is 1. The molecule has 2 aromatic rings. The summed E-state index contributed by atoms with van der Waals surface area (Å²) in [6.45, 7) is 7.85. The lowest BCUT2D eigenvalue weighted by Gasteiger charge is -2.23. The first-order valence-electron chi connectivity index (χ1n) is 8.34. The van der Waals surface area contributed by atoms with E-state index in [1.54, 1.807) is 10.7 Å². The summed E-state index contributed by atoms with van der Waals surface area (Å²) in [5.41, 5.74) is 2.02. The number of anilines is 1. The normalized spacial score (nSPS) is 17.2. The summed E-state index contributed by atoms with van der Waals surface area (Å²) in [5, 5.41) is 18.0. The second-order valence-corrected chi connectivity index (χ2v) is 7.01. The van der Waals surface area contributed by atoms with E-state index in [2.05, 4.69) is 42.2 Å². The van der Waals surface area contributed by atoms with Gasteiger partial charge in [-0.15, -0.1) is 5.10 Å². The molecule has 0 saturated carbocycles. The molecule has 0 amide bonds. The maximum Gasteiger partial charge on any atom is 0.241 e. The fraction of sp³-hybridized carbons (Fsp3) is 0.588. The predicted molar refractivity (Wildman–Crippen MR) is 93.4 cm³/mol. The molecule has 3 heterocycles. The summed E-state index contributed by atoms with van der Waals surface area (Å²) in [7, 11) is 0. The average Bonchev–Trinajstić information content (AvgIpc) is 2.86. The molecule has 1 saturated heterocycles. The molecule has 0 aliphatic carbocycles. The Kier molecular flexibility index (Phi) is 4.93. The van der Waals surface area contributed by atoms with Crippen LogP contribution in [0.3, 0.4) is 0 Å². The van der Waals surface area contributed by atoms with Crippen LogP contribution in [0.25, 0.3) is 5.52 Å². The Morgan fingerprint density at radius 2 is 2.08 bits per heavy atom. The minimum absolute atomic E-state index is 0.158. The van der Waals surface area contributed by atoms with Gasteiger partial charge in [-0.3, -0.25) is 0 Å². The minimum atomic E-state index is 0.158. The molecule has 1 aliphatic heterocycles. The number of rotatable bonds is 4. The molecule has 0 spiro atoms. The molecule has 3 rings (SSSR count). The Balaban J connectivity index is 2.04. The van der Waals surface area contributed by atoms with E-state index < -0.39 is 0 Å². The third-order valence-electron chi connectivity index (χ3n) is 4.76. The van der Waals surface area contributed by atoms with Crippen LogP contribution in [0.15, 0.2) is 6.20 Å². The number of aromatic nitrogens is 3. The highest BCUT2D eigenvalue weighted by Crippen LogP contribution is 2.34. The van der Waals surface area contributed by atoms with Gasteiger partial charge in [-0.2, -0.15) is 5.26 Å². The predicted octanol–water partition coefficient (Wildman–Crippen LogP) is 3.60. The Labute approximate surface area is 146 Å². The molecule has 6 nitrogen and oxygen atoms in total. The molecule has 0 bridgehead atoms. The van der Waals surface area contributed by atoms with Crippen molar-refractivity contribution in [3.8, 4) is 6.07 Å². The van der Waals surface area contributed by atoms with Crippen molar-refractivity contribution in [2.75, 3.05) is 18.5 Å². The zero-order valence-electron chi connectivity index (χ0n) is 14.2. The van der Waals surface area contributed by atoms with Crippen LogP contribution in [0.4, 0.5) is 5.95 Å². The maximum atomic E-state index is 9.54. The number of nitriles is 1. The molecular formula is C17H22ClN5O. The van der Waals surface area contributed by atoms with Crippen LogP contribution in [0.1, 0.15) is 50.8 Å². The Bertz CT molecular complexity index is 773. The van der Waals surface area contributed by atoms with Gasteiger partial charge >= 0.3 is 0 Å². The lowest BCUT2D eigenvalue weighted by atomic mass is 9.93.